The minimum atomic E-state index is -0.302. The van der Waals surface area contributed by atoms with E-state index in [9.17, 15) is 9.18 Å². The van der Waals surface area contributed by atoms with E-state index in [1.165, 1.54) is 12.1 Å². The van der Waals surface area contributed by atoms with Crippen LogP contribution < -0.4 is 5.32 Å². The van der Waals surface area contributed by atoms with Gasteiger partial charge in [-0.2, -0.15) is 0 Å². The van der Waals surface area contributed by atoms with Gasteiger partial charge in [0.15, 0.2) is 5.58 Å². The topological polar surface area (TPSA) is 56.4 Å². The number of furan rings is 1. The summed E-state index contributed by atoms with van der Waals surface area (Å²) in [6.07, 6.45) is 1.57. The monoisotopic (exact) mass is 316 g/mol. The second-order valence-electron chi connectivity index (χ2n) is 5.16. The number of methoxy groups -OCH3 is 1. The largest absolute Gasteiger partial charge is 0.463 e. The summed E-state index contributed by atoms with van der Waals surface area (Å²) in [5, 5.41) is 2.79. The van der Waals surface area contributed by atoms with Crippen molar-refractivity contribution in [2.75, 3.05) is 20.3 Å². The van der Waals surface area contributed by atoms with E-state index in [1.54, 1.807) is 31.6 Å². The molecule has 0 aliphatic heterocycles. The first-order chi connectivity index (χ1) is 11.2. The number of hydrogen-bond acceptors (Lipinski definition) is 3. The van der Waals surface area contributed by atoms with Gasteiger partial charge in [-0.3, -0.25) is 4.79 Å². The maximum atomic E-state index is 13.4. The Bertz CT molecular complexity index is 822. The van der Waals surface area contributed by atoms with Gasteiger partial charge in [0.25, 0.3) is 5.91 Å². The molecular weight excluding hydrogens is 299 g/mol. The summed E-state index contributed by atoms with van der Waals surface area (Å²) in [5.74, 6) is -0.519. The van der Waals surface area contributed by atoms with Crippen LogP contribution in [0.2, 0.25) is 0 Å². The van der Waals surface area contributed by atoms with Crippen LogP contribution in [-0.4, -0.2) is 30.7 Å². The van der Waals surface area contributed by atoms with E-state index in [0.717, 1.165) is 11.1 Å². The molecule has 23 heavy (non-hydrogen) atoms. The minimum Gasteiger partial charge on any atom is -0.463 e. The standard InChI is InChI=1S/C17H17FN2O3/c1-22-8-6-19-17(21)15-10-16-14(5-7-23-16)20(15)11-12-3-2-4-13(18)9-12/h2-5,7,9-10H,6,8,11H2,1H3,(H,19,21). The minimum absolute atomic E-state index is 0.218. The molecule has 3 rings (SSSR count). The summed E-state index contributed by atoms with van der Waals surface area (Å²) < 4.78 is 25.5. The number of halogens is 1. The van der Waals surface area contributed by atoms with Gasteiger partial charge in [0.1, 0.15) is 11.5 Å². The molecule has 0 unspecified atom stereocenters. The van der Waals surface area contributed by atoms with E-state index in [-0.39, 0.29) is 11.7 Å². The Morgan fingerprint density at radius 2 is 2.22 bits per heavy atom. The fourth-order valence-electron chi connectivity index (χ4n) is 2.51. The molecule has 6 heteroatoms. The van der Waals surface area contributed by atoms with Gasteiger partial charge < -0.3 is 19.0 Å². The lowest BCUT2D eigenvalue weighted by Gasteiger charge is -2.10. The summed E-state index contributed by atoms with van der Waals surface area (Å²) >= 11 is 0. The van der Waals surface area contributed by atoms with Gasteiger partial charge in [-0.15, -0.1) is 0 Å². The highest BCUT2D eigenvalue weighted by Gasteiger charge is 2.17. The van der Waals surface area contributed by atoms with Crippen molar-refractivity contribution in [1.82, 2.24) is 9.88 Å². The van der Waals surface area contributed by atoms with Crippen LogP contribution in [0.5, 0.6) is 0 Å². The SMILES string of the molecule is COCCNC(=O)c1cc2occc2n1Cc1cccc(F)c1. The van der Waals surface area contributed by atoms with Gasteiger partial charge in [-0.05, 0) is 17.7 Å². The van der Waals surface area contributed by atoms with Crippen molar-refractivity contribution in [1.29, 1.82) is 0 Å². The van der Waals surface area contributed by atoms with Crippen molar-refractivity contribution in [3.8, 4) is 0 Å². The summed E-state index contributed by atoms with van der Waals surface area (Å²) in [6.45, 7) is 1.24. The number of fused-ring (bicyclic) bond motifs is 1. The van der Waals surface area contributed by atoms with Gasteiger partial charge in [0.05, 0.1) is 18.4 Å². The average Bonchev–Trinajstić information content (AvgIpc) is 3.10. The van der Waals surface area contributed by atoms with Crippen LogP contribution in [-0.2, 0) is 11.3 Å². The van der Waals surface area contributed by atoms with E-state index >= 15 is 0 Å². The molecule has 120 valence electrons. The Kier molecular flexibility index (Phi) is 4.43. The first-order valence-electron chi connectivity index (χ1n) is 7.27. The molecule has 0 spiro atoms. The fourth-order valence-corrected chi connectivity index (χ4v) is 2.51. The average molecular weight is 316 g/mol. The maximum absolute atomic E-state index is 13.4. The highest BCUT2D eigenvalue weighted by molar-refractivity contribution is 5.97. The third kappa shape index (κ3) is 3.27. The number of rotatable bonds is 6. The van der Waals surface area contributed by atoms with Crippen molar-refractivity contribution < 1.29 is 18.3 Å². The van der Waals surface area contributed by atoms with E-state index in [4.69, 9.17) is 9.15 Å². The van der Waals surface area contributed by atoms with E-state index in [0.29, 0.717) is 31.0 Å². The van der Waals surface area contributed by atoms with Crippen LogP contribution in [0.1, 0.15) is 16.1 Å². The van der Waals surface area contributed by atoms with Crippen LogP contribution in [0.4, 0.5) is 4.39 Å². The lowest BCUT2D eigenvalue weighted by Crippen LogP contribution is -2.29. The molecule has 2 heterocycles. The lowest BCUT2D eigenvalue weighted by atomic mass is 10.2. The molecule has 0 radical (unpaired) electrons. The molecular formula is C17H17FN2O3. The number of carbonyl (C=O) groups is 1. The normalized spacial score (nSPS) is 11.0. The second-order valence-corrected chi connectivity index (χ2v) is 5.16. The van der Waals surface area contributed by atoms with Crippen LogP contribution in [0.3, 0.4) is 0 Å². The molecule has 0 aliphatic rings. The van der Waals surface area contributed by atoms with Gasteiger partial charge in [-0.1, -0.05) is 12.1 Å². The first kappa shape index (κ1) is 15.3. The fraction of sp³-hybridized carbons (Fsp3) is 0.235. The Hall–Kier alpha value is -2.60. The molecule has 0 bridgehead atoms. The molecule has 5 nitrogen and oxygen atoms in total. The zero-order chi connectivity index (χ0) is 16.2. The molecule has 2 aromatic heterocycles. The maximum Gasteiger partial charge on any atom is 0.268 e. The van der Waals surface area contributed by atoms with E-state index < -0.39 is 0 Å². The third-order valence-corrected chi connectivity index (χ3v) is 3.58. The Balaban J connectivity index is 1.92. The van der Waals surface area contributed by atoms with Crippen molar-refractivity contribution >= 4 is 17.0 Å². The number of nitrogens with zero attached hydrogens (tertiary/aromatic N) is 1. The zero-order valence-corrected chi connectivity index (χ0v) is 12.7. The number of aromatic nitrogens is 1. The molecule has 0 saturated heterocycles. The van der Waals surface area contributed by atoms with Crippen LogP contribution in [0.15, 0.2) is 47.1 Å². The molecule has 1 amide bonds. The number of carbonyl (C=O) groups excluding carboxylic acids is 1. The van der Waals surface area contributed by atoms with Crippen LogP contribution in [0.25, 0.3) is 11.1 Å². The van der Waals surface area contributed by atoms with Gasteiger partial charge in [0.2, 0.25) is 0 Å². The quantitative estimate of drug-likeness (QED) is 0.712. The summed E-state index contributed by atoms with van der Waals surface area (Å²) in [5.41, 5.74) is 2.67. The zero-order valence-electron chi connectivity index (χ0n) is 12.7. The van der Waals surface area contributed by atoms with Crippen molar-refractivity contribution in [2.45, 2.75) is 6.54 Å². The predicted molar refractivity (Wildman–Crippen MR) is 83.9 cm³/mol. The lowest BCUT2D eigenvalue weighted by molar-refractivity contribution is 0.0928. The van der Waals surface area contributed by atoms with Crippen LogP contribution >= 0.6 is 0 Å². The highest BCUT2D eigenvalue weighted by atomic mass is 19.1. The molecule has 0 atom stereocenters. The van der Waals surface area contributed by atoms with Gasteiger partial charge in [-0.25, -0.2) is 4.39 Å². The summed E-state index contributed by atoms with van der Waals surface area (Å²) in [4.78, 5) is 12.4. The smallest absolute Gasteiger partial charge is 0.268 e. The van der Waals surface area contributed by atoms with Crippen molar-refractivity contribution in [2.24, 2.45) is 0 Å². The second kappa shape index (κ2) is 6.66. The predicted octanol–water partition coefficient (Wildman–Crippen LogP) is 2.80. The van der Waals surface area contributed by atoms with E-state index in [2.05, 4.69) is 5.32 Å². The number of hydrogen-bond donors (Lipinski definition) is 1. The molecule has 1 aromatic carbocycles. The molecule has 0 aliphatic carbocycles. The summed E-state index contributed by atoms with van der Waals surface area (Å²) in [7, 11) is 1.58. The molecule has 0 saturated carbocycles. The van der Waals surface area contributed by atoms with E-state index in [1.807, 2.05) is 10.6 Å². The van der Waals surface area contributed by atoms with Crippen molar-refractivity contribution in [3.05, 3.63) is 59.7 Å². The van der Waals surface area contributed by atoms with Gasteiger partial charge >= 0.3 is 0 Å². The number of nitrogens with one attached hydrogen (secondary N) is 1. The third-order valence-electron chi connectivity index (χ3n) is 3.58. The summed E-state index contributed by atoms with van der Waals surface area (Å²) in [6, 6.07) is 9.81. The number of amides is 1. The Morgan fingerprint density at radius 3 is 3.00 bits per heavy atom. The number of benzene rings is 1. The highest BCUT2D eigenvalue weighted by Crippen LogP contribution is 2.22. The first-order valence-corrected chi connectivity index (χ1v) is 7.27. The molecule has 3 aromatic rings. The Labute approximate surface area is 132 Å². The van der Waals surface area contributed by atoms with Crippen LogP contribution in [0, 0.1) is 5.82 Å². The molecule has 0 fully saturated rings. The van der Waals surface area contributed by atoms with Gasteiger partial charge in [0, 0.05) is 32.3 Å². The molecule has 1 N–H and O–H groups in total. The van der Waals surface area contributed by atoms with Crippen molar-refractivity contribution in [3.63, 3.8) is 0 Å². The number of ether oxygens (including phenoxy) is 1. The Morgan fingerprint density at radius 1 is 1.35 bits per heavy atom.